The fourth-order valence-corrected chi connectivity index (χ4v) is 6.78. The average molecular weight is 883 g/mol. The van der Waals surface area contributed by atoms with Crippen LogP contribution < -0.4 is 20.5 Å². The van der Waals surface area contributed by atoms with Crippen molar-refractivity contribution in [1.29, 1.82) is 0 Å². The molecule has 0 spiro atoms. The Morgan fingerprint density at radius 3 is 1.17 bits per heavy atom. The molecule has 0 aliphatic heterocycles. The van der Waals surface area contributed by atoms with Gasteiger partial charge in [-0.3, -0.25) is 19.2 Å². The first kappa shape index (κ1) is 59.2. The lowest BCUT2D eigenvalue weighted by atomic mass is 9.94. The van der Waals surface area contributed by atoms with E-state index < -0.39 is 11.9 Å². The number of nitrogens with zero attached hydrogens (tertiary/aromatic N) is 2. The van der Waals surface area contributed by atoms with E-state index in [1.165, 1.54) is 64.5 Å². The highest BCUT2D eigenvalue weighted by atomic mass is 16.5. The quantitative estimate of drug-likeness (QED) is 0.0532. The van der Waals surface area contributed by atoms with Gasteiger partial charge in [0.25, 0.3) is 0 Å². The Labute approximate surface area is 383 Å². The maximum Gasteiger partial charge on any atom is 0.311 e. The predicted molar refractivity (Wildman–Crippen MR) is 261 cm³/mol. The molecule has 0 unspecified atom stereocenters. The minimum atomic E-state index is -0.997. The third-order valence-electron chi connectivity index (χ3n) is 10.7. The van der Waals surface area contributed by atoms with E-state index in [1.807, 2.05) is 64.1 Å². The number of nitrogens with two attached hydrogens (primary N) is 1. The summed E-state index contributed by atoms with van der Waals surface area (Å²) in [7, 11) is 0. The first-order valence-electron chi connectivity index (χ1n) is 24.3. The van der Waals surface area contributed by atoms with Crippen molar-refractivity contribution in [2.45, 2.75) is 184 Å². The van der Waals surface area contributed by atoms with Gasteiger partial charge in [-0.1, -0.05) is 145 Å². The summed E-state index contributed by atoms with van der Waals surface area (Å²) in [6.07, 6.45) is 9.83. The maximum absolute atomic E-state index is 12.5. The second kappa shape index (κ2) is 35.5. The summed E-state index contributed by atoms with van der Waals surface area (Å²) in [6, 6.07) is 11.9. The van der Waals surface area contributed by atoms with Gasteiger partial charge in [0, 0.05) is 32.6 Å². The van der Waals surface area contributed by atoms with Gasteiger partial charge >= 0.3 is 17.9 Å². The molecule has 0 fully saturated rings. The number of carbonyl (C=O) groups excluding carboxylic acids is 3. The van der Waals surface area contributed by atoms with Gasteiger partial charge in [-0.25, -0.2) is 0 Å². The predicted octanol–water partition coefficient (Wildman–Crippen LogP) is 11.2. The molecule has 63 heavy (non-hydrogen) atoms. The number of aliphatic carboxylic acids is 1. The molecule has 0 aliphatic rings. The van der Waals surface area contributed by atoms with Gasteiger partial charge in [-0.05, 0) is 97.8 Å². The molecule has 0 bridgehead atoms. The van der Waals surface area contributed by atoms with Gasteiger partial charge in [0.1, 0.15) is 11.5 Å². The number of nitrogens with one attached hydrogen (secondary N) is 1. The van der Waals surface area contributed by atoms with Gasteiger partial charge in [0.05, 0.1) is 19.3 Å². The molecule has 0 atom stereocenters. The number of benzene rings is 2. The van der Waals surface area contributed by atoms with Gasteiger partial charge in [-0.2, -0.15) is 0 Å². The van der Waals surface area contributed by atoms with Crippen molar-refractivity contribution in [2.75, 3.05) is 52.4 Å². The number of hydrogen-bond acceptors (Lipinski definition) is 9. The summed E-state index contributed by atoms with van der Waals surface area (Å²) in [5, 5.41) is 11.6. The number of rotatable bonds is 29. The molecule has 0 saturated carbocycles. The minimum Gasteiger partial charge on any atom is -0.481 e. The van der Waals surface area contributed by atoms with Crippen molar-refractivity contribution in [2.24, 2.45) is 5.73 Å². The number of carboxylic acids is 1. The van der Waals surface area contributed by atoms with Gasteiger partial charge in [0.2, 0.25) is 5.91 Å². The van der Waals surface area contributed by atoms with Crippen LogP contribution in [0.5, 0.6) is 11.5 Å². The molecule has 0 radical (unpaired) electrons. The van der Waals surface area contributed by atoms with Crippen LogP contribution in [0.2, 0.25) is 0 Å². The van der Waals surface area contributed by atoms with Crippen LogP contribution in [0.4, 0.5) is 0 Å². The zero-order valence-corrected chi connectivity index (χ0v) is 41.8. The Morgan fingerprint density at radius 2 is 0.873 bits per heavy atom. The minimum absolute atomic E-state index is 0.0885. The zero-order chi connectivity index (χ0) is 47.7. The molecular weight excluding hydrogens is 793 g/mol. The molecule has 0 aromatic heterocycles. The number of ether oxygens (including phenoxy) is 2. The number of amides is 1. The first-order valence-corrected chi connectivity index (χ1v) is 24.3. The molecule has 0 saturated heterocycles. The van der Waals surface area contributed by atoms with Crippen LogP contribution in [-0.4, -0.2) is 91.1 Å². The highest BCUT2D eigenvalue weighted by Gasteiger charge is 2.20. The van der Waals surface area contributed by atoms with Gasteiger partial charge < -0.3 is 35.4 Å². The summed E-state index contributed by atoms with van der Waals surface area (Å²) in [4.78, 5) is 51.9. The van der Waals surface area contributed by atoms with Crippen LogP contribution in [-0.2, 0) is 19.2 Å². The number of para-hydroxylation sites is 2. The number of carbonyl (C=O) groups is 4. The van der Waals surface area contributed by atoms with Crippen molar-refractivity contribution in [3.05, 3.63) is 58.7 Å². The summed E-state index contributed by atoms with van der Waals surface area (Å²) >= 11 is 0. The fraction of sp³-hybridized carbons (Fsp3) is 0.692. The van der Waals surface area contributed by atoms with Crippen LogP contribution in [0.3, 0.4) is 0 Å². The van der Waals surface area contributed by atoms with Crippen molar-refractivity contribution >= 4 is 23.8 Å². The number of unbranched alkanes of at least 4 members (excludes halogenated alkanes) is 4. The van der Waals surface area contributed by atoms with E-state index in [-0.39, 0.29) is 61.2 Å². The van der Waals surface area contributed by atoms with Crippen LogP contribution in [0, 0.1) is 0 Å². The van der Waals surface area contributed by atoms with Gasteiger partial charge in [0.15, 0.2) is 0 Å². The smallest absolute Gasteiger partial charge is 0.311 e. The summed E-state index contributed by atoms with van der Waals surface area (Å²) < 4.78 is 11.2. The Hall–Kier alpha value is -3.80. The molecule has 11 nitrogen and oxygen atoms in total. The standard InChI is InChI=1S/C26H44N2O3.C16H22O4.C10H24N2/c1-7-9-17-28(18-10-8-2)19-16-27-24(29)14-15-25(30)31-26-22(20(3)4)12-11-13-23(26)21(5)6;1-10(2)12-6-5-7-13(11(3)4)16(12)20-15(19)9-8-14(17)18;1-3-5-8-12(10-7-11)9-6-4-2/h11-13,20-21H,7-10,14-19H2,1-6H3,(H,27,29);5-7,10-11H,8-9H2,1-4H3,(H,17,18);3-11H2,1-2H3. The Morgan fingerprint density at radius 1 is 0.540 bits per heavy atom. The average Bonchev–Trinajstić information content (AvgIpc) is 3.24. The molecule has 11 heteroatoms. The fourth-order valence-electron chi connectivity index (χ4n) is 6.78. The normalized spacial score (nSPS) is 11.2. The lowest BCUT2D eigenvalue weighted by Gasteiger charge is -2.22. The van der Waals surface area contributed by atoms with Crippen molar-refractivity contribution in [1.82, 2.24) is 15.1 Å². The van der Waals surface area contributed by atoms with Crippen LogP contribution in [0.15, 0.2) is 36.4 Å². The lowest BCUT2D eigenvalue weighted by Crippen LogP contribution is -2.36. The van der Waals surface area contributed by atoms with Crippen molar-refractivity contribution < 1.29 is 33.8 Å². The summed E-state index contributed by atoms with van der Waals surface area (Å²) in [6.45, 7) is 33.3. The number of esters is 2. The SMILES string of the molecule is CC(C)c1cccc(C(C)C)c1OC(=O)CCC(=O)O.CCCCN(CCCC)CCNC(=O)CCC(=O)Oc1c(C(C)C)cccc1C(C)C.CCCCN(CCN)CCCC. The second-order valence-electron chi connectivity index (χ2n) is 17.7. The maximum atomic E-state index is 12.5. The third kappa shape index (κ3) is 26.6. The zero-order valence-electron chi connectivity index (χ0n) is 41.8. The van der Waals surface area contributed by atoms with Crippen LogP contribution >= 0.6 is 0 Å². The monoisotopic (exact) mass is 883 g/mol. The van der Waals surface area contributed by atoms with E-state index in [0.29, 0.717) is 18.0 Å². The largest absolute Gasteiger partial charge is 0.481 e. The molecule has 2 aromatic rings. The van der Waals surface area contributed by atoms with E-state index in [9.17, 15) is 19.2 Å². The highest BCUT2D eigenvalue weighted by Crippen LogP contribution is 2.36. The number of carboxylic acid groups (broad SMARTS) is 1. The van der Waals surface area contributed by atoms with Crippen LogP contribution in [0.25, 0.3) is 0 Å². The van der Waals surface area contributed by atoms with E-state index in [4.69, 9.17) is 20.3 Å². The first-order chi connectivity index (χ1) is 30.0. The molecule has 0 heterocycles. The molecule has 0 aliphatic carbocycles. The van der Waals surface area contributed by atoms with Crippen molar-refractivity contribution in [3.8, 4) is 11.5 Å². The molecule has 4 N–H and O–H groups in total. The molecule has 2 rings (SSSR count). The van der Waals surface area contributed by atoms with Crippen LogP contribution in [0.1, 0.15) is 206 Å². The number of hydrogen-bond donors (Lipinski definition) is 3. The molecule has 360 valence electrons. The molecular formula is C52H90N4O7. The van der Waals surface area contributed by atoms with E-state index in [2.05, 4.69) is 70.5 Å². The van der Waals surface area contributed by atoms with E-state index in [1.54, 1.807) is 0 Å². The van der Waals surface area contributed by atoms with E-state index in [0.717, 1.165) is 55.0 Å². The van der Waals surface area contributed by atoms with E-state index >= 15 is 0 Å². The summed E-state index contributed by atoms with van der Waals surface area (Å²) in [5.41, 5.74) is 9.54. The second-order valence-corrected chi connectivity index (χ2v) is 17.7. The Balaban J connectivity index is 0.00000102. The van der Waals surface area contributed by atoms with Crippen molar-refractivity contribution in [3.63, 3.8) is 0 Å². The molecule has 2 aromatic carbocycles. The summed E-state index contributed by atoms with van der Waals surface area (Å²) in [5.74, 6) is 0.300. The topological polar surface area (TPSA) is 152 Å². The lowest BCUT2D eigenvalue weighted by molar-refractivity contribution is -0.142. The third-order valence-corrected chi connectivity index (χ3v) is 10.7. The van der Waals surface area contributed by atoms with Gasteiger partial charge in [-0.15, -0.1) is 0 Å². The molecule has 1 amide bonds. The highest BCUT2D eigenvalue weighted by molar-refractivity contribution is 5.82. The Kier molecular flexibility index (Phi) is 33.4. The Bertz CT molecular complexity index is 1490.